The third-order valence-corrected chi connectivity index (χ3v) is 1.99. The minimum atomic E-state index is -0.537. The first-order chi connectivity index (χ1) is 6.11. The predicted octanol–water partition coefficient (Wildman–Crippen LogP) is -0.448. The molecule has 0 aromatic heterocycles. The van der Waals surface area contributed by atoms with E-state index >= 15 is 0 Å². The Morgan fingerprint density at radius 3 is 1.29 bits per heavy atom. The third-order valence-electron chi connectivity index (χ3n) is 0.557. The second kappa shape index (κ2) is 14.0. The van der Waals surface area contributed by atoms with Crippen LogP contribution >= 0.6 is 49.7 Å². The van der Waals surface area contributed by atoms with E-state index in [0.29, 0.717) is 0 Å². The zero-order valence-electron chi connectivity index (χ0n) is 7.62. The molecule has 81 valence electrons. The van der Waals surface area contributed by atoms with E-state index in [-0.39, 0.29) is 8.64 Å². The Hall–Kier alpha value is 1.02. The van der Waals surface area contributed by atoms with Gasteiger partial charge in [0.05, 0.1) is 0 Å². The zero-order chi connectivity index (χ0) is 12.3. The quantitative estimate of drug-likeness (QED) is 0.222. The second-order valence-electron chi connectivity index (χ2n) is 1.98. The summed E-state index contributed by atoms with van der Waals surface area (Å²) in [4.78, 5) is 0. The minimum absolute atomic E-state index is 0.194. The van der Waals surface area contributed by atoms with E-state index in [9.17, 15) is 0 Å². The summed E-state index contributed by atoms with van der Waals surface area (Å²) < 4.78 is -0.0787. The molecule has 0 aliphatic heterocycles. The fourth-order valence-electron chi connectivity index (χ4n) is 0. The van der Waals surface area contributed by atoms with Gasteiger partial charge in [-0.2, -0.15) is 0 Å². The molecule has 0 heterocycles. The molecular weight excluding hydrogens is 314 g/mol. The molecule has 2 unspecified atom stereocenters. The number of aliphatic hydroxyl groups excluding tert-OH is 2. The number of thiocarbonyl (C=S) groups is 2. The van der Waals surface area contributed by atoms with Crippen molar-refractivity contribution in [3.05, 3.63) is 0 Å². The molecule has 9 heteroatoms. The summed E-state index contributed by atoms with van der Waals surface area (Å²) in [7, 11) is 0. The van der Waals surface area contributed by atoms with Gasteiger partial charge < -0.3 is 11.5 Å². The van der Waals surface area contributed by atoms with Crippen LogP contribution in [-0.4, -0.2) is 29.7 Å². The van der Waals surface area contributed by atoms with Gasteiger partial charge in [-0.1, -0.05) is 24.4 Å². The monoisotopic (exact) mass is 325 g/mol. The van der Waals surface area contributed by atoms with Crippen LogP contribution in [0.1, 0.15) is 6.92 Å². The largest absolute Gasteiger partial charge is 0.385 e. The molecule has 14 heavy (non-hydrogen) atoms. The number of thiol groups is 2. The maximum absolute atomic E-state index is 8.44. The molecule has 0 fully saturated rings. The van der Waals surface area contributed by atoms with Crippen LogP contribution in [0.4, 0.5) is 0 Å². The van der Waals surface area contributed by atoms with E-state index in [2.05, 4.69) is 49.7 Å². The number of hydrogen-bond donors (Lipinski definition) is 6. The normalized spacial score (nSPS) is 12.2. The van der Waals surface area contributed by atoms with E-state index < -0.39 is 10.8 Å². The molecule has 4 nitrogen and oxygen atoms in total. The van der Waals surface area contributed by atoms with E-state index in [1.807, 2.05) is 0 Å². The van der Waals surface area contributed by atoms with E-state index in [4.69, 9.17) is 21.7 Å². The van der Waals surface area contributed by atoms with Gasteiger partial charge in [0.1, 0.15) is 8.64 Å². The molecule has 0 aliphatic carbocycles. The van der Waals surface area contributed by atoms with Gasteiger partial charge in [-0.05, 0) is 0 Å². The predicted molar refractivity (Wildman–Crippen MR) is 69.2 cm³/mol. The van der Waals surface area contributed by atoms with E-state index in [1.54, 1.807) is 6.92 Å². The molecular formula is C5H13N2O2S4Zn. The second-order valence-corrected chi connectivity index (χ2v) is 6.19. The average molecular weight is 327 g/mol. The maximum Gasteiger partial charge on any atom is 0.128 e. The molecule has 0 aromatic carbocycles. The fraction of sp³-hybridized carbons (Fsp3) is 0.600. The Morgan fingerprint density at radius 1 is 1.21 bits per heavy atom. The fourth-order valence-corrected chi connectivity index (χ4v) is 0. The van der Waals surface area contributed by atoms with E-state index in [1.165, 1.54) is 0 Å². The van der Waals surface area contributed by atoms with E-state index in [0.717, 1.165) is 18.3 Å². The first kappa shape index (κ1) is 20.4. The van der Waals surface area contributed by atoms with Gasteiger partial charge in [0, 0.05) is 0 Å². The third kappa shape index (κ3) is 74.6. The molecule has 0 radical (unpaired) electrons. The first-order valence-electron chi connectivity index (χ1n) is 3.27. The number of aliphatic hydroxyl groups is 2. The van der Waals surface area contributed by atoms with Crippen molar-refractivity contribution in [2.75, 3.05) is 0 Å². The molecule has 0 saturated carbocycles. The van der Waals surface area contributed by atoms with Crippen LogP contribution in [0.25, 0.3) is 0 Å². The summed E-state index contributed by atoms with van der Waals surface area (Å²) in [5.74, 6) is 0. The molecule has 0 amide bonds. The van der Waals surface area contributed by atoms with Crippen molar-refractivity contribution in [3.63, 3.8) is 0 Å². The van der Waals surface area contributed by atoms with Gasteiger partial charge in [0.25, 0.3) is 0 Å². The van der Waals surface area contributed by atoms with Crippen molar-refractivity contribution in [1.29, 1.82) is 0 Å². The van der Waals surface area contributed by atoms with Crippen LogP contribution < -0.4 is 11.5 Å². The topological polar surface area (TPSA) is 92.5 Å². The van der Waals surface area contributed by atoms with Gasteiger partial charge in [-0.15, -0.1) is 25.3 Å². The maximum atomic E-state index is 8.44. The number of rotatable bonds is 1. The van der Waals surface area contributed by atoms with Gasteiger partial charge in [0.2, 0.25) is 0 Å². The summed E-state index contributed by atoms with van der Waals surface area (Å²) in [5.41, 5.74) is 9.41. The molecule has 2 atom stereocenters. The Kier molecular flexibility index (Phi) is 20.5. The van der Waals surface area contributed by atoms with Gasteiger partial charge in [-0.3, -0.25) is 0 Å². The Morgan fingerprint density at radius 2 is 1.29 bits per heavy atom. The van der Waals surface area contributed by atoms with Crippen LogP contribution in [0.15, 0.2) is 0 Å². The smallest absolute Gasteiger partial charge is 0.128 e. The summed E-state index contributed by atoms with van der Waals surface area (Å²) >= 11 is 16.1. The minimum Gasteiger partial charge on any atom is -0.385 e. The average Bonchev–Trinajstić information content (AvgIpc) is 1.83. The molecule has 0 aromatic rings. The molecule has 6 N–H and O–H groups in total. The first-order valence-corrected chi connectivity index (χ1v) is 6.69. The van der Waals surface area contributed by atoms with Crippen LogP contribution in [0.5, 0.6) is 0 Å². The summed E-state index contributed by atoms with van der Waals surface area (Å²) in [5, 5.41) is 16.8. The van der Waals surface area contributed by atoms with Crippen LogP contribution in [-0.2, 0) is 18.3 Å². The van der Waals surface area contributed by atoms with Gasteiger partial charge in [0.15, 0.2) is 0 Å². The number of hydrogen-bond acceptors (Lipinski definition) is 4. The van der Waals surface area contributed by atoms with Crippen LogP contribution in [0.3, 0.4) is 0 Å². The summed E-state index contributed by atoms with van der Waals surface area (Å²) in [6.07, 6.45) is -0.537. The summed E-state index contributed by atoms with van der Waals surface area (Å²) in [6.45, 7) is 1.58. The van der Waals surface area contributed by atoms with Crippen molar-refractivity contribution in [2.24, 2.45) is 11.5 Å². The van der Waals surface area contributed by atoms with Crippen molar-refractivity contribution < 1.29 is 28.5 Å². The Labute approximate surface area is 115 Å². The van der Waals surface area contributed by atoms with Gasteiger partial charge in [-0.25, -0.2) is 0 Å². The zero-order valence-corrected chi connectivity index (χ0v) is 14.0. The summed E-state index contributed by atoms with van der Waals surface area (Å²) in [6, 6.07) is 0. The van der Waals surface area contributed by atoms with Gasteiger partial charge >= 0.3 is 46.2 Å². The van der Waals surface area contributed by atoms with Crippen LogP contribution in [0, 0.1) is 0 Å². The Balaban J connectivity index is -0.000000135. The molecule has 0 bridgehead atoms. The van der Waals surface area contributed by atoms with Crippen molar-refractivity contribution in [3.8, 4) is 0 Å². The molecule has 0 spiro atoms. The standard InChI is InChI=1S/C3H7O2.2CH3NS2.Zn/c1-3(5)2-4;2*2-1(3)4;/h2-5H,1H3;2*(H3,2,3,4);. The SMILES string of the molecule is CC(O)[CH](O)[Zn].NC(=S)S.NC(=S)S. The van der Waals surface area contributed by atoms with Crippen molar-refractivity contribution in [1.82, 2.24) is 0 Å². The van der Waals surface area contributed by atoms with Crippen molar-refractivity contribution in [2.45, 2.75) is 17.7 Å². The molecule has 0 saturated heterocycles. The van der Waals surface area contributed by atoms with Crippen molar-refractivity contribution >= 4 is 58.3 Å². The molecule has 0 aliphatic rings. The Bertz CT molecular complexity index is 142. The molecule has 0 rings (SSSR count). The number of nitrogens with two attached hydrogens (primary N) is 2. The van der Waals surface area contributed by atoms with Crippen LogP contribution in [0.2, 0.25) is 0 Å².